The van der Waals surface area contributed by atoms with Crippen molar-refractivity contribution in [1.82, 2.24) is 0 Å². The molecule has 1 spiro atoms. The molecule has 2 saturated heterocycles. The lowest BCUT2D eigenvalue weighted by Gasteiger charge is -2.71. The molecule has 1 heteroatoms. The number of allylic oxidation sites excluding steroid dienone is 2. The van der Waals surface area contributed by atoms with Crippen LogP contribution in [0.2, 0.25) is 0 Å². The zero-order valence-corrected chi connectivity index (χ0v) is 22.0. The maximum Gasteiger partial charge on any atom is 0.0777 e. The van der Waals surface area contributed by atoms with Gasteiger partial charge in [-0.3, -0.25) is 0 Å². The normalized spacial score (nSPS) is 54.6. The van der Waals surface area contributed by atoms with E-state index in [0.29, 0.717) is 33.2 Å². The molecule has 5 fully saturated rings. The Balaban J connectivity index is 1.45. The van der Waals surface area contributed by atoms with Gasteiger partial charge in [-0.15, -0.1) is 0 Å². The lowest BCUT2D eigenvalue weighted by Crippen LogP contribution is -2.67. The van der Waals surface area contributed by atoms with E-state index in [-0.39, 0.29) is 5.60 Å². The summed E-state index contributed by atoms with van der Waals surface area (Å²) in [7, 11) is 0. The lowest BCUT2D eigenvalue weighted by molar-refractivity contribution is -0.249. The van der Waals surface area contributed by atoms with E-state index in [1.807, 2.05) is 0 Å². The van der Waals surface area contributed by atoms with Crippen LogP contribution in [0.3, 0.4) is 0 Å². The third-order valence-corrected chi connectivity index (χ3v) is 12.6. The van der Waals surface area contributed by atoms with Gasteiger partial charge in [-0.25, -0.2) is 0 Å². The van der Waals surface area contributed by atoms with Crippen molar-refractivity contribution in [1.29, 1.82) is 0 Å². The van der Waals surface area contributed by atoms with Gasteiger partial charge in [-0.1, -0.05) is 53.2 Å². The van der Waals surface area contributed by atoms with Gasteiger partial charge in [-0.05, 0) is 118 Å². The van der Waals surface area contributed by atoms with Crippen LogP contribution in [0.15, 0.2) is 11.6 Å². The fourth-order valence-corrected chi connectivity index (χ4v) is 10.6. The zero-order chi connectivity index (χ0) is 22.5. The van der Waals surface area contributed by atoms with Crippen LogP contribution in [0, 0.1) is 38.9 Å². The van der Waals surface area contributed by atoms with Crippen LogP contribution in [0.25, 0.3) is 0 Å². The van der Waals surface area contributed by atoms with Crippen molar-refractivity contribution < 1.29 is 4.74 Å². The predicted molar refractivity (Wildman–Crippen MR) is 131 cm³/mol. The topological polar surface area (TPSA) is 9.23 Å². The summed E-state index contributed by atoms with van der Waals surface area (Å²) in [5, 5.41) is 0. The highest BCUT2D eigenvalue weighted by Gasteiger charge is 2.76. The standard InChI is InChI=1S/C30H50O/c1-21(2)10-9-14-26(5)16-18-28(7)23-12-11-22-25(3,4)24-13-15-30(22,31-24)29(23,8)19-17-27(28,6)20-26/h10,22-24H,9,11-20H2,1-8H3/t22-,23+,24-,26+,27-,28+,29+,30+/m0/s1. The van der Waals surface area contributed by atoms with E-state index in [4.69, 9.17) is 4.74 Å². The van der Waals surface area contributed by atoms with Crippen LogP contribution < -0.4 is 0 Å². The van der Waals surface area contributed by atoms with Gasteiger partial charge in [0, 0.05) is 5.41 Å². The van der Waals surface area contributed by atoms with Crippen molar-refractivity contribution >= 4 is 0 Å². The van der Waals surface area contributed by atoms with Crippen molar-refractivity contribution in [3.8, 4) is 0 Å². The summed E-state index contributed by atoms with van der Waals surface area (Å²) in [5.41, 5.74) is 3.90. The fraction of sp³-hybridized carbons (Fsp3) is 0.933. The van der Waals surface area contributed by atoms with Crippen molar-refractivity contribution in [2.24, 2.45) is 38.9 Å². The van der Waals surface area contributed by atoms with Gasteiger partial charge >= 0.3 is 0 Å². The van der Waals surface area contributed by atoms with E-state index in [1.54, 1.807) is 0 Å². The monoisotopic (exact) mass is 426 g/mol. The summed E-state index contributed by atoms with van der Waals surface area (Å²) in [6, 6.07) is 0. The quantitative estimate of drug-likeness (QED) is 0.410. The van der Waals surface area contributed by atoms with Crippen molar-refractivity contribution in [2.45, 2.75) is 138 Å². The molecule has 3 aliphatic carbocycles. The second-order valence-corrected chi connectivity index (χ2v) is 14.7. The van der Waals surface area contributed by atoms with Crippen LogP contribution in [0.5, 0.6) is 0 Å². The second-order valence-electron chi connectivity index (χ2n) is 14.7. The molecule has 0 aromatic heterocycles. The predicted octanol–water partition coefficient (Wildman–Crippen LogP) is 8.72. The number of fused-ring (bicyclic) bond motifs is 4. The Labute approximate surface area is 193 Å². The maximum atomic E-state index is 7.12. The van der Waals surface area contributed by atoms with Gasteiger partial charge in [0.2, 0.25) is 0 Å². The largest absolute Gasteiger partial charge is 0.370 e. The third kappa shape index (κ3) is 2.77. The van der Waals surface area contributed by atoms with E-state index in [9.17, 15) is 0 Å². The summed E-state index contributed by atoms with van der Waals surface area (Å²) >= 11 is 0. The van der Waals surface area contributed by atoms with E-state index in [0.717, 1.165) is 11.8 Å². The van der Waals surface area contributed by atoms with Gasteiger partial charge < -0.3 is 4.74 Å². The highest BCUT2D eigenvalue weighted by Crippen LogP contribution is 2.78. The van der Waals surface area contributed by atoms with Crippen LogP contribution >= 0.6 is 0 Å². The smallest absolute Gasteiger partial charge is 0.0777 e. The Kier molecular flexibility index (Phi) is 4.82. The molecule has 0 radical (unpaired) electrons. The Morgan fingerprint density at radius 1 is 0.806 bits per heavy atom. The first-order chi connectivity index (χ1) is 14.3. The van der Waals surface area contributed by atoms with E-state index >= 15 is 0 Å². The van der Waals surface area contributed by atoms with Crippen LogP contribution in [-0.2, 0) is 4.74 Å². The van der Waals surface area contributed by atoms with Gasteiger partial charge in [0.1, 0.15) is 0 Å². The van der Waals surface area contributed by atoms with Gasteiger partial charge in [-0.2, -0.15) is 0 Å². The summed E-state index contributed by atoms with van der Waals surface area (Å²) < 4.78 is 7.12. The minimum atomic E-state index is 0.179. The van der Waals surface area contributed by atoms with Crippen molar-refractivity contribution in [3.05, 3.63) is 11.6 Å². The molecular formula is C30H50O. The van der Waals surface area contributed by atoms with Crippen molar-refractivity contribution in [3.63, 3.8) is 0 Å². The molecule has 0 aromatic rings. The molecule has 5 rings (SSSR count). The van der Waals surface area contributed by atoms with Crippen LogP contribution in [0.4, 0.5) is 0 Å². The van der Waals surface area contributed by atoms with E-state index in [2.05, 4.69) is 61.5 Å². The number of ether oxygens (including phenoxy) is 1. The first kappa shape index (κ1) is 22.5. The lowest BCUT2D eigenvalue weighted by atomic mass is 9.33. The Hall–Kier alpha value is -0.300. The fourth-order valence-electron chi connectivity index (χ4n) is 10.6. The molecule has 5 aliphatic rings. The average molecular weight is 427 g/mol. The second kappa shape index (κ2) is 6.64. The zero-order valence-electron chi connectivity index (χ0n) is 22.0. The molecule has 2 aliphatic heterocycles. The highest BCUT2D eigenvalue weighted by molar-refractivity contribution is 5.24. The summed E-state index contributed by atoms with van der Waals surface area (Å²) in [4.78, 5) is 0. The minimum Gasteiger partial charge on any atom is -0.370 e. The molecule has 0 amide bonds. The van der Waals surface area contributed by atoms with Crippen LogP contribution in [0.1, 0.15) is 126 Å². The average Bonchev–Trinajstić information content (AvgIpc) is 3.20. The first-order valence-electron chi connectivity index (χ1n) is 13.6. The Morgan fingerprint density at radius 3 is 2.19 bits per heavy atom. The molecule has 0 N–H and O–H groups in total. The molecule has 8 atom stereocenters. The summed E-state index contributed by atoms with van der Waals surface area (Å²) in [6.45, 7) is 20.3. The Bertz CT molecular complexity index is 775. The first-order valence-corrected chi connectivity index (χ1v) is 13.6. The van der Waals surface area contributed by atoms with E-state index in [1.165, 1.54) is 76.2 Å². The van der Waals surface area contributed by atoms with Gasteiger partial charge in [0.25, 0.3) is 0 Å². The molecule has 2 heterocycles. The molecule has 1 nitrogen and oxygen atoms in total. The Morgan fingerprint density at radius 2 is 1.48 bits per heavy atom. The number of hydrogen-bond acceptors (Lipinski definition) is 1. The minimum absolute atomic E-state index is 0.179. The molecule has 0 aromatic carbocycles. The summed E-state index contributed by atoms with van der Waals surface area (Å²) in [6.07, 6.45) is 18.2. The molecular weight excluding hydrogens is 376 g/mol. The van der Waals surface area contributed by atoms with Gasteiger partial charge in [0.05, 0.1) is 11.7 Å². The third-order valence-electron chi connectivity index (χ3n) is 12.6. The number of hydrogen-bond donors (Lipinski definition) is 0. The molecule has 31 heavy (non-hydrogen) atoms. The summed E-state index contributed by atoms with van der Waals surface area (Å²) in [5.74, 6) is 1.62. The maximum absolute atomic E-state index is 7.12. The van der Waals surface area contributed by atoms with Crippen molar-refractivity contribution in [2.75, 3.05) is 0 Å². The number of rotatable bonds is 3. The van der Waals surface area contributed by atoms with Gasteiger partial charge in [0.15, 0.2) is 0 Å². The SMILES string of the molecule is CC(C)=CCC[C@]1(C)CC[C@]2(C)[C@H]3CC[C@H]4C(C)(C)[C@@H]5CC[C@]4(O5)[C@]3(C)CC[C@@]2(C)C1. The molecule has 176 valence electrons. The molecule has 0 unspecified atom stereocenters. The molecule has 2 bridgehead atoms. The highest BCUT2D eigenvalue weighted by atomic mass is 16.5. The van der Waals surface area contributed by atoms with E-state index < -0.39 is 0 Å². The van der Waals surface area contributed by atoms with Crippen LogP contribution in [-0.4, -0.2) is 11.7 Å². The molecule has 3 saturated carbocycles.